The second-order valence-corrected chi connectivity index (χ2v) is 4.59. The summed E-state index contributed by atoms with van der Waals surface area (Å²) < 4.78 is 19.0. The molecule has 0 aliphatic carbocycles. The van der Waals surface area contributed by atoms with E-state index in [1.165, 1.54) is 6.07 Å². The molecule has 0 fully saturated rings. The van der Waals surface area contributed by atoms with Crippen LogP contribution in [-0.4, -0.2) is 6.61 Å². The lowest BCUT2D eigenvalue weighted by Gasteiger charge is -2.21. The van der Waals surface area contributed by atoms with Gasteiger partial charge in [0.25, 0.3) is 0 Å². The first-order chi connectivity index (χ1) is 9.74. The van der Waals surface area contributed by atoms with Gasteiger partial charge in [-0.25, -0.2) is 4.39 Å². The Morgan fingerprint density at radius 2 is 1.90 bits per heavy atom. The molecule has 3 heteroatoms. The highest BCUT2D eigenvalue weighted by atomic mass is 19.1. The smallest absolute Gasteiger partial charge is 0.142 e. The number of nitrogens with one attached hydrogen (secondary N) is 1. The van der Waals surface area contributed by atoms with Gasteiger partial charge in [0.05, 0.1) is 18.3 Å². The second-order valence-electron chi connectivity index (χ2n) is 4.59. The molecule has 0 spiro atoms. The molecule has 106 valence electrons. The molecule has 20 heavy (non-hydrogen) atoms. The fourth-order valence-electron chi connectivity index (χ4n) is 2.20. The van der Waals surface area contributed by atoms with Crippen LogP contribution >= 0.6 is 0 Å². The first-order valence-corrected chi connectivity index (χ1v) is 6.98. The topological polar surface area (TPSA) is 21.3 Å². The first kappa shape index (κ1) is 14.4. The van der Waals surface area contributed by atoms with Crippen molar-refractivity contribution in [1.29, 1.82) is 0 Å². The summed E-state index contributed by atoms with van der Waals surface area (Å²) in [6, 6.07) is 14.6. The number of ether oxygens (including phenoxy) is 1. The van der Waals surface area contributed by atoms with Gasteiger partial charge < -0.3 is 10.1 Å². The van der Waals surface area contributed by atoms with Crippen molar-refractivity contribution in [3.05, 3.63) is 59.9 Å². The van der Waals surface area contributed by atoms with Gasteiger partial charge in [0, 0.05) is 0 Å². The minimum absolute atomic E-state index is 0.0623. The third kappa shape index (κ3) is 3.50. The van der Waals surface area contributed by atoms with Crippen LogP contribution in [0, 0.1) is 5.82 Å². The molecule has 0 saturated carbocycles. The normalized spacial score (nSPS) is 11.9. The first-order valence-electron chi connectivity index (χ1n) is 6.98. The molecule has 2 rings (SSSR count). The Kier molecular flexibility index (Phi) is 4.99. The van der Waals surface area contributed by atoms with Gasteiger partial charge in [-0.3, -0.25) is 0 Å². The number of para-hydroxylation sites is 2. The van der Waals surface area contributed by atoms with E-state index in [0.29, 0.717) is 6.61 Å². The highest BCUT2D eigenvalue weighted by Gasteiger charge is 2.12. The summed E-state index contributed by atoms with van der Waals surface area (Å²) >= 11 is 0. The lowest BCUT2D eigenvalue weighted by Crippen LogP contribution is -2.11. The Labute approximate surface area is 119 Å². The number of rotatable bonds is 6. The van der Waals surface area contributed by atoms with Crippen LogP contribution in [0.5, 0.6) is 5.75 Å². The number of hydrogen-bond acceptors (Lipinski definition) is 2. The Morgan fingerprint density at radius 3 is 2.60 bits per heavy atom. The quantitative estimate of drug-likeness (QED) is 0.817. The van der Waals surface area contributed by atoms with Crippen molar-refractivity contribution in [2.75, 3.05) is 11.9 Å². The van der Waals surface area contributed by atoms with Gasteiger partial charge in [0.2, 0.25) is 0 Å². The molecule has 0 saturated heterocycles. The maximum Gasteiger partial charge on any atom is 0.142 e. The second kappa shape index (κ2) is 6.94. The summed E-state index contributed by atoms with van der Waals surface area (Å²) in [5.41, 5.74) is 1.88. The molecule has 0 heterocycles. The summed E-state index contributed by atoms with van der Waals surface area (Å²) in [5, 5.41) is 3.43. The molecular weight excluding hydrogens is 253 g/mol. The van der Waals surface area contributed by atoms with E-state index in [9.17, 15) is 4.39 Å². The van der Waals surface area contributed by atoms with Crippen LogP contribution in [0.15, 0.2) is 48.5 Å². The minimum Gasteiger partial charge on any atom is -0.492 e. The Bertz CT molecular complexity index is 556. The molecule has 2 aromatic carbocycles. The van der Waals surface area contributed by atoms with Crippen LogP contribution in [0.3, 0.4) is 0 Å². The zero-order valence-electron chi connectivity index (χ0n) is 11.9. The zero-order chi connectivity index (χ0) is 14.4. The Hall–Kier alpha value is -2.03. The van der Waals surface area contributed by atoms with Crippen LogP contribution in [0.2, 0.25) is 0 Å². The number of hydrogen-bond donors (Lipinski definition) is 1. The third-order valence-corrected chi connectivity index (χ3v) is 3.18. The standard InChI is InChI=1S/C17H20FNO/c1-3-15(13-8-7-9-14(18)12-13)19-16-10-5-6-11-17(16)20-4-2/h5-12,15,19H,3-4H2,1-2H3. The summed E-state index contributed by atoms with van der Waals surface area (Å²) in [5.74, 6) is 0.616. The molecule has 2 nitrogen and oxygen atoms in total. The average Bonchev–Trinajstić information content (AvgIpc) is 2.46. The molecular formula is C17H20FNO. The highest BCUT2D eigenvalue weighted by Crippen LogP contribution is 2.29. The molecule has 0 aliphatic heterocycles. The molecule has 0 aliphatic rings. The monoisotopic (exact) mass is 273 g/mol. The van der Waals surface area contributed by atoms with Crippen LogP contribution in [-0.2, 0) is 0 Å². The van der Waals surface area contributed by atoms with Crippen molar-refractivity contribution in [3.8, 4) is 5.75 Å². The SMILES string of the molecule is CCOc1ccccc1NC(CC)c1cccc(F)c1. The van der Waals surface area contributed by atoms with Crippen molar-refractivity contribution in [2.24, 2.45) is 0 Å². The fraction of sp³-hybridized carbons (Fsp3) is 0.294. The van der Waals surface area contributed by atoms with Gasteiger partial charge in [-0.2, -0.15) is 0 Å². The van der Waals surface area contributed by atoms with E-state index in [2.05, 4.69) is 12.2 Å². The Morgan fingerprint density at radius 1 is 1.10 bits per heavy atom. The maximum atomic E-state index is 13.4. The van der Waals surface area contributed by atoms with E-state index < -0.39 is 0 Å². The number of anilines is 1. The van der Waals surface area contributed by atoms with Crippen LogP contribution in [0.1, 0.15) is 31.9 Å². The summed E-state index contributed by atoms with van der Waals surface area (Å²) in [7, 11) is 0. The summed E-state index contributed by atoms with van der Waals surface area (Å²) in [4.78, 5) is 0. The fourth-order valence-corrected chi connectivity index (χ4v) is 2.20. The van der Waals surface area contributed by atoms with Gasteiger partial charge in [0.15, 0.2) is 0 Å². The Balaban J connectivity index is 2.22. The van der Waals surface area contributed by atoms with Crippen LogP contribution in [0.4, 0.5) is 10.1 Å². The highest BCUT2D eigenvalue weighted by molar-refractivity contribution is 5.57. The van der Waals surface area contributed by atoms with E-state index in [-0.39, 0.29) is 11.9 Å². The molecule has 1 unspecified atom stereocenters. The molecule has 0 radical (unpaired) electrons. The molecule has 1 atom stereocenters. The van der Waals surface area contributed by atoms with Crippen molar-refractivity contribution in [1.82, 2.24) is 0 Å². The van der Waals surface area contributed by atoms with Gasteiger partial charge in [-0.1, -0.05) is 31.2 Å². The lowest BCUT2D eigenvalue weighted by atomic mass is 10.0. The summed E-state index contributed by atoms with van der Waals surface area (Å²) in [6.45, 7) is 4.65. The van der Waals surface area contributed by atoms with E-state index >= 15 is 0 Å². The van der Waals surface area contributed by atoms with E-state index in [1.54, 1.807) is 12.1 Å². The molecule has 0 aromatic heterocycles. The molecule has 2 aromatic rings. The largest absolute Gasteiger partial charge is 0.492 e. The molecule has 0 bridgehead atoms. The maximum absolute atomic E-state index is 13.4. The number of halogens is 1. The van der Waals surface area contributed by atoms with Gasteiger partial charge in [0.1, 0.15) is 11.6 Å². The summed E-state index contributed by atoms with van der Waals surface area (Å²) in [6.07, 6.45) is 0.865. The zero-order valence-corrected chi connectivity index (χ0v) is 11.9. The minimum atomic E-state index is -0.208. The van der Waals surface area contributed by atoms with Crippen LogP contribution < -0.4 is 10.1 Å². The van der Waals surface area contributed by atoms with Gasteiger partial charge in [-0.15, -0.1) is 0 Å². The number of benzene rings is 2. The van der Waals surface area contributed by atoms with Crippen molar-refractivity contribution in [2.45, 2.75) is 26.3 Å². The lowest BCUT2D eigenvalue weighted by molar-refractivity contribution is 0.341. The third-order valence-electron chi connectivity index (χ3n) is 3.18. The van der Waals surface area contributed by atoms with Crippen molar-refractivity contribution < 1.29 is 9.13 Å². The average molecular weight is 273 g/mol. The predicted molar refractivity (Wildman–Crippen MR) is 80.7 cm³/mol. The van der Waals surface area contributed by atoms with E-state index in [1.807, 2.05) is 37.3 Å². The van der Waals surface area contributed by atoms with Crippen LogP contribution in [0.25, 0.3) is 0 Å². The van der Waals surface area contributed by atoms with Gasteiger partial charge in [-0.05, 0) is 43.2 Å². The molecule has 1 N–H and O–H groups in total. The van der Waals surface area contributed by atoms with E-state index in [0.717, 1.165) is 23.4 Å². The predicted octanol–water partition coefficient (Wildman–Crippen LogP) is 4.79. The molecule has 0 amide bonds. The van der Waals surface area contributed by atoms with E-state index in [4.69, 9.17) is 4.74 Å². The van der Waals surface area contributed by atoms with Gasteiger partial charge >= 0.3 is 0 Å². The van der Waals surface area contributed by atoms with Crippen molar-refractivity contribution in [3.63, 3.8) is 0 Å². The van der Waals surface area contributed by atoms with Crippen molar-refractivity contribution >= 4 is 5.69 Å².